The molecule has 1 saturated heterocycles. The molecule has 0 saturated carbocycles. The van der Waals surface area contributed by atoms with E-state index >= 15 is 0 Å². The highest BCUT2D eigenvalue weighted by Gasteiger charge is 2.41. The fourth-order valence-corrected chi connectivity index (χ4v) is 5.21. The van der Waals surface area contributed by atoms with Crippen LogP contribution in [-0.2, 0) is 11.3 Å². The normalized spacial score (nSPS) is 17.8. The van der Waals surface area contributed by atoms with Crippen molar-refractivity contribution in [2.75, 3.05) is 20.0 Å². The van der Waals surface area contributed by atoms with Crippen LogP contribution in [0.5, 0.6) is 11.5 Å². The predicted octanol–water partition coefficient (Wildman–Crippen LogP) is 3.88. The van der Waals surface area contributed by atoms with E-state index in [-0.39, 0.29) is 17.2 Å². The molecule has 2 atom stereocenters. The summed E-state index contributed by atoms with van der Waals surface area (Å²) in [7, 11) is 3.10. The third-order valence-electron chi connectivity index (χ3n) is 5.50. The molecule has 1 N–H and O–H groups in total. The third kappa shape index (κ3) is 5.73. The first-order chi connectivity index (χ1) is 15.6. The van der Waals surface area contributed by atoms with Crippen molar-refractivity contribution in [1.82, 2.24) is 15.2 Å². The van der Waals surface area contributed by atoms with Gasteiger partial charge in [0.2, 0.25) is 5.91 Å². The third-order valence-corrected chi connectivity index (χ3v) is 6.86. The van der Waals surface area contributed by atoms with Crippen molar-refractivity contribution < 1.29 is 19.1 Å². The molecule has 1 aliphatic rings. The van der Waals surface area contributed by atoms with Gasteiger partial charge in [0.15, 0.2) is 11.5 Å². The second-order valence-corrected chi connectivity index (χ2v) is 8.87. The maximum atomic E-state index is 13.6. The topological polar surface area (TPSA) is 80.8 Å². The Hall–Kier alpha value is -2.74. The maximum absolute atomic E-state index is 13.6. The zero-order chi connectivity index (χ0) is 22.9. The number of methoxy groups -OCH3 is 2. The Balaban J connectivity index is 1.80. The molecule has 172 valence electrons. The van der Waals surface area contributed by atoms with Crippen LogP contribution in [0.2, 0.25) is 0 Å². The Morgan fingerprint density at radius 2 is 2.00 bits per heavy atom. The van der Waals surface area contributed by atoms with E-state index in [1.165, 1.54) is 0 Å². The van der Waals surface area contributed by atoms with E-state index in [2.05, 4.69) is 17.2 Å². The lowest BCUT2D eigenvalue weighted by Crippen LogP contribution is -2.49. The molecule has 1 fully saturated rings. The molecule has 2 aromatic rings. The van der Waals surface area contributed by atoms with Gasteiger partial charge < -0.3 is 19.7 Å². The SMILES string of the molecule is CCCCCC1SCC(C(=O)NCc2cccnc2)N1C(=O)c1ccc(OC)c(OC)c1. The molecule has 0 bridgehead atoms. The number of thioether (sulfide) groups is 1. The molecule has 1 aliphatic heterocycles. The van der Waals surface area contributed by atoms with Crippen LogP contribution in [0.15, 0.2) is 42.7 Å². The van der Waals surface area contributed by atoms with Gasteiger partial charge in [-0.25, -0.2) is 0 Å². The van der Waals surface area contributed by atoms with E-state index < -0.39 is 6.04 Å². The van der Waals surface area contributed by atoms with Gasteiger partial charge >= 0.3 is 0 Å². The number of hydrogen-bond acceptors (Lipinski definition) is 6. The molecular weight excluding hydrogens is 426 g/mol. The number of nitrogens with zero attached hydrogens (tertiary/aromatic N) is 2. The standard InChI is InChI=1S/C24H31N3O4S/c1-4-5-6-9-22-27(24(29)18-10-11-20(30-2)21(13-18)31-3)19(16-32-22)23(28)26-15-17-8-7-12-25-14-17/h7-8,10-14,19,22H,4-6,9,15-16H2,1-3H3,(H,26,28). The maximum Gasteiger partial charge on any atom is 0.255 e. The number of carbonyl (C=O) groups excluding carboxylic acids is 2. The molecule has 0 spiro atoms. The largest absolute Gasteiger partial charge is 0.493 e. The van der Waals surface area contributed by atoms with Crippen molar-refractivity contribution >= 4 is 23.6 Å². The lowest BCUT2D eigenvalue weighted by atomic mass is 10.1. The Kier molecular flexibility index (Phi) is 8.79. The quantitative estimate of drug-likeness (QED) is 0.546. The van der Waals surface area contributed by atoms with Gasteiger partial charge in [-0.2, -0.15) is 0 Å². The number of unbranched alkanes of at least 4 members (excludes halogenated alkanes) is 2. The van der Waals surface area contributed by atoms with E-state index in [4.69, 9.17) is 9.47 Å². The van der Waals surface area contributed by atoms with Crippen LogP contribution in [0.4, 0.5) is 0 Å². The van der Waals surface area contributed by atoms with E-state index in [9.17, 15) is 9.59 Å². The van der Waals surface area contributed by atoms with Crippen molar-refractivity contribution in [1.29, 1.82) is 0 Å². The molecule has 3 rings (SSSR count). The molecule has 8 heteroatoms. The molecule has 0 aliphatic carbocycles. The van der Waals surface area contributed by atoms with E-state index in [0.29, 0.717) is 29.4 Å². The molecule has 1 aromatic carbocycles. The number of carbonyl (C=O) groups is 2. The number of amides is 2. The molecule has 2 heterocycles. The summed E-state index contributed by atoms with van der Waals surface area (Å²) in [5.41, 5.74) is 1.40. The molecule has 1 aromatic heterocycles. The fraction of sp³-hybridized carbons (Fsp3) is 0.458. The minimum atomic E-state index is -0.524. The number of benzene rings is 1. The molecule has 2 amide bonds. The average molecular weight is 458 g/mol. The smallest absolute Gasteiger partial charge is 0.255 e. The van der Waals surface area contributed by atoms with Gasteiger partial charge in [-0.05, 0) is 36.2 Å². The van der Waals surface area contributed by atoms with Crippen molar-refractivity contribution in [3.05, 3.63) is 53.9 Å². The van der Waals surface area contributed by atoms with Gasteiger partial charge in [-0.3, -0.25) is 14.6 Å². The molecule has 0 radical (unpaired) electrons. The summed E-state index contributed by atoms with van der Waals surface area (Å²) in [5, 5.41) is 2.94. The zero-order valence-corrected chi connectivity index (χ0v) is 19.7. The Morgan fingerprint density at radius 3 is 2.69 bits per heavy atom. The van der Waals surface area contributed by atoms with E-state index in [1.54, 1.807) is 61.5 Å². The second kappa shape index (κ2) is 11.8. The van der Waals surface area contributed by atoms with Crippen LogP contribution in [0.1, 0.15) is 48.5 Å². The summed E-state index contributed by atoms with van der Waals surface area (Å²) in [6.07, 6.45) is 7.52. The summed E-state index contributed by atoms with van der Waals surface area (Å²) in [6, 6.07) is 8.35. The number of pyridine rings is 1. The second-order valence-electron chi connectivity index (χ2n) is 7.66. The fourth-order valence-electron chi connectivity index (χ4n) is 3.76. The molecule has 7 nitrogen and oxygen atoms in total. The van der Waals surface area contributed by atoms with Crippen LogP contribution in [0.25, 0.3) is 0 Å². The van der Waals surface area contributed by atoms with Gasteiger partial charge in [0.05, 0.1) is 19.6 Å². The predicted molar refractivity (Wildman–Crippen MR) is 126 cm³/mol. The minimum absolute atomic E-state index is 0.0312. The summed E-state index contributed by atoms with van der Waals surface area (Å²) >= 11 is 1.68. The number of hydrogen-bond donors (Lipinski definition) is 1. The van der Waals surface area contributed by atoms with Crippen LogP contribution < -0.4 is 14.8 Å². The zero-order valence-electron chi connectivity index (χ0n) is 18.9. The summed E-state index contributed by atoms with van der Waals surface area (Å²) in [4.78, 5) is 32.5. The lowest BCUT2D eigenvalue weighted by Gasteiger charge is -2.29. The number of rotatable bonds is 10. The number of aromatic nitrogens is 1. The highest BCUT2D eigenvalue weighted by atomic mass is 32.2. The number of ether oxygens (including phenoxy) is 2. The van der Waals surface area contributed by atoms with Gasteiger partial charge in [0, 0.05) is 30.3 Å². The lowest BCUT2D eigenvalue weighted by molar-refractivity contribution is -0.125. The summed E-state index contributed by atoms with van der Waals surface area (Å²) in [6.45, 7) is 2.54. The first-order valence-corrected chi connectivity index (χ1v) is 12.0. The highest BCUT2D eigenvalue weighted by Crippen LogP contribution is 2.35. The first kappa shape index (κ1) is 23.9. The Labute approximate surface area is 193 Å². The Bertz CT molecular complexity index is 909. The van der Waals surface area contributed by atoms with E-state index in [1.807, 2.05) is 12.1 Å². The monoisotopic (exact) mass is 457 g/mol. The van der Waals surface area contributed by atoms with Gasteiger partial charge in [0.1, 0.15) is 6.04 Å². The van der Waals surface area contributed by atoms with Crippen LogP contribution in [-0.4, -0.2) is 53.1 Å². The summed E-state index contributed by atoms with van der Waals surface area (Å²) in [5.74, 6) is 1.32. The van der Waals surface area contributed by atoms with Gasteiger partial charge in [-0.15, -0.1) is 11.8 Å². The van der Waals surface area contributed by atoms with Gasteiger partial charge in [0.25, 0.3) is 5.91 Å². The first-order valence-electron chi connectivity index (χ1n) is 10.9. The Morgan fingerprint density at radius 1 is 1.19 bits per heavy atom. The minimum Gasteiger partial charge on any atom is -0.493 e. The number of nitrogens with one attached hydrogen (secondary N) is 1. The van der Waals surface area contributed by atoms with Crippen molar-refractivity contribution in [2.45, 2.75) is 50.6 Å². The van der Waals surface area contributed by atoms with Crippen LogP contribution in [0, 0.1) is 0 Å². The highest BCUT2D eigenvalue weighted by molar-refractivity contribution is 8.00. The van der Waals surface area contributed by atoms with Crippen LogP contribution >= 0.6 is 11.8 Å². The van der Waals surface area contributed by atoms with Crippen molar-refractivity contribution in [3.63, 3.8) is 0 Å². The summed E-state index contributed by atoms with van der Waals surface area (Å²) < 4.78 is 10.7. The van der Waals surface area contributed by atoms with Crippen LogP contribution in [0.3, 0.4) is 0 Å². The van der Waals surface area contributed by atoms with Crippen molar-refractivity contribution in [3.8, 4) is 11.5 Å². The molecule has 32 heavy (non-hydrogen) atoms. The molecule has 2 unspecified atom stereocenters. The van der Waals surface area contributed by atoms with Gasteiger partial charge in [-0.1, -0.05) is 32.3 Å². The average Bonchev–Trinajstić information content (AvgIpc) is 3.26. The van der Waals surface area contributed by atoms with Crippen molar-refractivity contribution in [2.24, 2.45) is 0 Å². The van der Waals surface area contributed by atoms with E-state index in [0.717, 1.165) is 31.2 Å². The molecular formula is C24H31N3O4S.